The monoisotopic (exact) mass is 200 g/mol. The summed E-state index contributed by atoms with van der Waals surface area (Å²) in [6.07, 6.45) is -1.83. The molecule has 0 aliphatic rings. The number of carbonyl (C=O) groups is 2. The zero-order valence-corrected chi connectivity index (χ0v) is 6.83. The van der Waals surface area contributed by atoms with Crippen LogP contribution >= 0.6 is 0 Å². The molecule has 2 N–H and O–H groups in total. The Labute approximate surface area is 119 Å². The van der Waals surface area contributed by atoms with E-state index in [9.17, 15) is 4.79 Å². The van der Waals surface area contributed by atoms with Crippen LogP contribution in [0.4, 0.5) is 4.79 Å². The molecule has 64 valence electrons. The minimum Gasteiger partial charge on any atom is -0.450 e. The summed E-state index contributed by atoms with van der Waals surface area (Å²) in [6.45, 7) is 3.06. The van der Waals surface area contributed by atoms with E-state index in [1.165, 1.54) is 13.8 Å². The Kier molecular flexibility index (Phi) is 37.9. The van der Waals surface area contributed by atoms with Gasteiger partial charge in [-0.15, -0.1) is 0 Å². The number of Topliss-reactive ketones (excluding diaryl/α,β-unsaturated/α-hetero) is 1. The normalized spacial score (nSPS) is 5.00. The van der Waals surface area contributed by atoms with Gasteiger partial charge in [0.25, 0.3) is 0 Å². The van der Waals surface area contributed by atoms with Crippen LogP contribution in [0.5, 0.6) is 0 Å². The number of carbonyl (C=O) groups excluding carboxylic acids is 1. The van der Waals surface area contributed by atoms with Crippen LogP contribution in [-0.4, -0.2) is 22.2 Å². The van der Waals surface area contributed by atoms with E-state index in [2.05, 4.69) is 0 Å². The van der Waals surface area contributed by atoms with E-state index < -0.39 is 6.16 Å². The smallest absolute Gasteiger partial charge is 0.450 e. The fourth-order valence-electron chi connectivity index (χ4n) is 0. The third-order valence-corrected chi connectivity index (χ3v) is 0. The zero-order valence-electron chi connectivity index (χ0n) is 5.42. The molecule has 0 atom stereocenters. The number of ketones is 1. The Morgan fingerprint density at radius 3 is 1.00 bits per heavy atom. The van der Waals surface area contributed by atoms with Gasteiger partial charge in [-0.05, 0) is 13.8 Å². The second kappa shape index (κ2) is 16.8. The molecule has 0 saturated heterocycles. The number of hydrogen-bond acceptors (Lipinski definition) is 2. The Bertz CT molecular complexity index is 73.3. The summed E-state index contributed by atoms with van der Waals surface area (Å²) >= 11 is 0. The third-order valence-electron chi connectivity index (χ3n) is 0. The van der Waals surface area contributed by atoms with Crippen LogP contribution in [-0.2, 0) is 4.79 Å². The average Bonchev–Trinajstić information content (AvgIpc) is 1.25. The number of hydrogen-bond donors (Lipinski definition) is 2. The van der Waals surface area contributed by atoms with Crippen molar-refractivity contribution >= 4 is 11.9 Å². The van der Waals surface area contributed by atoms with Gasteiger partial charge in [0.1, 0.15) is 5.78 Å². The van der Waals surface area contributed by atoms with Gasteiger partial charge in [0.2, 0.25) is 0 Å². The van der Waals surface area contributed by atoms with Crippen LogP contribution in [0.25, 0.3) is 0 Å². The number of rotatable bonds is 0. The summed E-state index contributed by atoms with van der Waals surface area (Å²) < 4.78 is 0. The molecule has 0 aromatic rings. The maximum absolute atomic E-state index is 9.44. The molecule has 0 spiro atoms. The summed E-state index contributed by atoms with van der Waals surface area (Å²) in [6, 6.07) is 0. The van der Waals surface area contributed by atoms with Crippen molar-refractivity contribution in [3.8, 4) is 0 Å². The first-order valence-corrected chi connectivity index (χ1v) is 1.86. The van der Waals surface area contributed by atoms with Crippen molar-refractivity contribution in [1.29, 1.82) is 0 Å². The molecule has 0 aliphatic heterocycles. The van der Waals surface area contributed by atoms with Crippen LogP contribution in [0.2, 0.25) is 0 Å². The maximum Gasteiger partial charge on any atom is 0.503 e. The minimum absolute atomic E-state index is 0. The van der Waals surface area contributed by atoms with Crippen molar-refractivity contribution in [2.24, 2.45) is 0 Å². The third kappa shape index (κ3) is 318. The van der Waals surface area contributed by atoms with Crippen LogP contribution in [0.15, 0.2) is 0 Å². The summed E-state index contributed by atoms with van der Waals surface area (Å²) in [5, 5.41) is 13.9. The van der Waals surface area contributed by atoms with Gasteiger partial charge in [-0.1, -0.05) is 0 Å². The number of carboxylic acid groups (broad SMARTS) is 2. The average molecular weight is 200 g/mol. The molecule has 0 aromatic carbocycles. The molecule has 0 amide bonds. The van der Waals surface area contributed by atoms with Crippen molar-refractivity contribution in [2.45, 2.75) is 13.8 Å². The summed E-state index contributed by atoms with van der Waals surface area (Å²) in [7, 11) is 0. The predicted molar refractivity (Wildman–Crippen MR) is 27.0 cm³/mol. The van der Waals surface area contributed by atoms with Gasteiger partial charge in [-0.25, -0.2) is 4.79 Å². The van der Waals surface area contributed by atoms with Gasteiger partial charge in [-0.2, -0.15) is 0 Å². The quantitative estimate of drug-likeness (QED) is 0.606. The van der Waals surface area contributed by atoms with Gasteiger partial charge in [0, 0.05) is 75.5 Å². The Hall–Kier alpha value is 1.46. The first-order chi connectivity index (χ1) is 3.46. The van der Waals surface area contributed by atoms with Gasteiger partial charge >= 0.3 is 6.16 Å². The molecule has 6 heteroatoms. The molecule has 0 aliphatic carbocycles. The van der Waals surface area contributed by atoms with Crippen molar-refractivity contribution in [3.05, 3.63) is 0 Å². The van der Waals surface area contributed by atoms with Gasteiger partial charge in [0.05, 0.1) is 0 Å². The van der Waals surface area contributed by atoms with Gasteiger partial charge in [0.15, 0.2) is 0 Å². The molecule has 0 radical (unpaired) electrons. The van der Waals surface area contributed by atoms with E-state index in [1.807, 2.05) is 0 Å². The molecule has 0 unspecified atom stereocenters. The molecule has 0 fully saturated rings. The minimum atomic E-state index is -1.83. The molecule has 10 heavy (non-hydrogen) atoms. The van der Waals surface area contributed by atoms with Crippen molar-refractivity contribution in [3.63, 3.8) is 0 Å². The second-order valence-electron chi connectivity index (χ2n) is 1.19. The second-order valence-corrected chi connectivity index (χ2v) is 1.19. The van der Waals surface area contributed by atoms with Gasteiger partial charge in [-0.3, -0.25) is 0 Å². The zero-order chi connectivity index (χ0) is 7.15. The summed E-state index contributed by atoms with van der Waals surface area (Å²) in [4.78, 5) is 18.0. The summed E-state index contributed by atoms with van der Waals surface area (Å²) in [5.74, 6) is 0.167. The van der Waals surface area contributed by atoms with E-state index in [1.54, 1.807) is 0 Å². The van der Waals surface area contributed by atoms with Crippen molar-refractivity contribution < 1.29 is 95.3 Å². The predicted octanol–water partition coefficient (Wildman–Crippen LogP) is 0.818. The molecule has 4 nitrogen and oxygen atoms in total. The van der Waals surface area contributed by atoms with Crippen LogP contribution < -0.4 is 0 Å². The fourth-order valence-corrected chi connectivity index (χ4v) is 0. The molecule has 0 rings (SSSR count). The maximum atomic E-state index is 9.44. The largest absolute Gasteiger partial charge is 0.503 e. The van der Waals surface area contributed by atoms with Crippen molar-refractivity contribution in [1.82, 2.24) is 0 Å². The molecule has 0 heterocycles. The van der Waals surface area contributed by atoms with Crippen LogP contribution in [0, 0.1) is 75.5 Å². The van der Waals surface area contributed by atoms with E-state index in [0.717, 1.165) is 0 Å². The van der Waals surface area contributed by atoms with Crippen LogP contribution in [0.3, 0.4) is 0 Å². The van der Waals surface area contributed by atoms with E-state index >= 15 is 0 Å². The van der Waals surface area contributed by atoms with Crippen LogP contribution in [0.1, 0.15) is 13.8 Å². The SMILES string of the molecule is CC(C)=O.O=C(O)O.[Ar].[Ar]. The fraction of sp³-hybridized carbons (Fsp3) is 0.500. The first kappa shape index (κ1) is 22.5. The summed E-state index contributed by atoms with van der Waals surface area (Å²) in [5.41, 5.74) is 0. The molecule has 0 bridgehead atoms. The van der Waals surface area contributed by atoms with E-state index in [0.29, 0.717) is 0 Å². The Morgan fingerprint density at radius 1 is 1.00 bits per heavy atom. The Morgan fingerprint density at radius 2 is 1.00 bits per heavy atom. The molecule has 0 saturated carbocycles. The first-order valence-electron chi connectivity index (χ1n) is 1.86. The molecular formula is C4H8Ar2O4. The Balaban J connectivity index is -0.0000000300. The molecule has 0 aromatic heterocycles. The van der Waals surface area contributed by atoms with Gasteiger partial charge < -0.3 is 15.0 Å². The van der Waals surface area contributed by atoms with E-state index in [-0.39, 0.29) is 81.3 Å². The van der Waals surface area contributed by atoms with Crippen molar-refractivity contribution in [2.75, 3.05) is 0 Å². The molecular weight excluding hydrogens is 192 g/mol. The standard InChI is InChI=1S/C3H6O.CH2O3.2Ar/c1-3(2)4;2-1(3)4;;/h1-2H3;(H2,2,3,4);;. The van der Waals surface area contributed by atoms with E-state index in [4.69, 9.17) is 15.0 Å². The topological polar surface area (TPSA) is 74.6 Å².